The molecule has 1 aliphatic rings. The van der Waals surface area contributed by atoms with Crippen LogP contribution in [0.15, 0.2) is 54.6 Å². The van der Waals surface area contributed by atoms with Gasteiger partial charge in [0.25, 0.3) is 5.91 Å². The molecule has 1 heterocycles. The normalized spacial score (nSPS) is 13.8. The summed E-state index contributed by atoms with van der Waals surface area (Å²) < 4.78 is 6.03. The Morgan fingerprint density at radius 3 is 2.54 bits per heavy atom. The number of pyridine rings is 1. The van der Waals surface area contributed by atoms with Crippen molar-refractivity contribution in [1.29, 1.82) is 0 Å². The molecule has 2 N–H and O–H groups in total. The Bertz CT molecular complexity index is 1300. The molecule has 206 valence electrons. The number of nitrogens with one attached hydrogen (secondary N) is 2. The molecule has 0 saturated heterocycles. The third-order valence-corrected chi connectivity index (χ3v) is 7.12. The van der Waals surface area contributed by atoms with Crippen LogP contribution >= 0.6 is 11.6 Å². The van der Waals surface area contributed by atoms with Crippen LogP contribution in [0.2, 0.25) is 5.02 Å². The van der Waals surface area contributed by atoms with Crippen LogP contribution in [-0.2, 0) is 4.79 Å². The highest BCUT2D eigenvalue weighted by molar-refractivity contribution is 6.32. The lowest BCUT2D eigenvalue weighted by molar-refractivity contribution is -0.114. The minimum Gasteiger partial charge on any atom is -0.492 e. The number of halogens is 1. The fourth-order valence-corrected chi connectivity index (χ4v) is 5.04. The van der Waals surface area contributed by atoms with Gasteiger partial charge in [-0.1, -0.05) is 55.1 Å². The zero-order chi connectivity index (χ0) is 27.8. The fourth-order valence-electron chi connectivity index (χ4n) is 4.87. The largest absolute Gasteiger partial charge is 0.492 e. The predicted molar refractivity (Wildman–Crippen MR) is 157 cm³/mol. The maximum atomic E-state index is 13.2. The van der Waals surface area contributed by atoms with Crippen molar-refractivity contribution in [2.24, 2.45) is 0 Å². The Labute approximate surface area is 235 Å². The SMILES string of the molecule is CC(=O)Nc1ccccc1-c1ccc(C(=O)NC2CCCCC2)nc1-c1ccc(Cl)c(OCCCN(C)C)c1. The van der Waals surface area contributed by atoms with Crippen LogP contribution in [0.5, 0.6) is 5.75 Å². The van der Waals surface area contributed by atoms with Crippen LogP contribution in [0, 0.1) is 0 Å². The highest BCUT2D eigenvalue weighted by atomic mass is 35.5. The molecule has 3 aromatic rings. The van der Waals surface area contributed by atoms with E-state index in [2.05, 4.69) is 15.5 Å². The van der Waals surface area contributed by atoms with Crippen molar-refractivity contribution in [3.05, 3.63) is 65.3 Å². The molecule has 4 rings (SSSR count). The summed E-state index contributed by atoms with van der Waals surface area (Å²) in [6.45, 7) is 2.91. The average Bonchev–Trinajstić information content (AvgIpc) is 2.92. The van der Waals surface area contributed by atoms with Crippen molar-refractivity contribution in [1.82, 2.24) is 15.2 Å². The monoisotopic (exact) mass is 548 g/mol. The summed E-state index contributed by atoms with van der Waals surface area (Å²) in [4.78, 5) is 32.1. The number of anilines is 1. The van der Waals surface area contributed by atoms with E-state index in [-0.39, 0.29) is 17.9 Å². The molecule has 2 amide bonds. The minimum absolute atomic E-state index is 0.166. The Balaban J connectivity index is 1.73. The molecule has 1 saturated carbocycles. The third kappa shape index (κ3) is 7.80. The van der Waals surface area contributed by atoms with E-state index < -0.39 is 0 Å². The number of ether oxygens (including phenoxy) is 1. The second kappa shape index (κ2) is 13.6. The van der Waals surface area contributed by atoms with E-state index in [9.17, 15) is 9.59 Å². The molecule has 0 bridgehead atoms. The molecule has 0 spiro atoms. The lowest BCUT2D eigenvalue weighted by Crippen LogP contribution is -2.36. The van der Waals surface area contributed by atoms with Gasteiger partial charge in [-0.05, 0) is 63.7 Å². The first-order chi connectivity index (χ1) is 18.8. The first-order valence-electron chi connectivity index (χ1n) is 13.6. The molecule has 0 radical (unpaired) electrons. The maximum absolute atomic E-state index is 13.2. The van der Waals surface area contributed by atoms with Crippen LogP contribution in [0.1, 0.15) is 55.9 Å². The van der Waals surface area contributed by atoms with Gasteiger partial charge in [0.05, 0.1) is 17.3 Å². The number of benzene rings is 2. The number of amides is 2. The van der Waals surface area contributed by atoms with Crippen molar-refractivity contribution in [2.45, 2.75) is 51.5 Å². The number of rotatable bonds is 10. The molecule has 8 heteroatoms. The van der Waals surface area contributed by atoms with Gasteiger partial charge in [-0.3, -0.25) is 9.59 Å². The van der Waals surface area contributed by atoms with Crippen molar-refractivity contribution in [3.8, 4) is 28.1 Å². The van der Waals surface area contributed by atoms with Crippen LogP contribution in [-0.4, -0.2) is 55.0 Å². The van der Waals surface area contributed by atoms with Gasteiger partial charge in [0.15, 0.2) is 0 Å². The number of carbonyl (C=O) groups is 2. The molecule has 0 aliphatic heterocycles. The molecule has 39 heavy (non-hydrogen) atoms. The first kappa shape index (κ1) is 28.6. The van der Waals surface area contributed by atoms with Crippen molar-refractivity contribution >= 4 is 29.1 Å². The molecular formula is C31H37ClN4O3. The van der Waals surface area contributed by atoms with E-state index in [0.29, 0.717) is 34.5 Å². The Morgan fingerprint density at radius 2 is 1.79 bits per heavy atom. The van der Waals surface area contributed by atoms with Gasteiger partial charge in [0.1, 0.15) is 11.4 Å². The first-order valence-corrected chi connectivity index (χ1v) is 14.0. The van der Waals surface area contributed by atoms with Crippen LogP contribution in [0.4, 0.5) is 5.69 Å². The van der Waals surface area contributed by atoms with Crippen LogP contribution in [0.3, 0.4) is 0 Å². The van der Waals surface area contributed by atoms with Gasteiger partial charge < -0.3 is 20.3 Å². The quantitative estimate of drug-likeness (QED) is 0.286. The van der Waals surface area contributed by atoms with E-state index in [1.165, 1.54) is 13.3 Å². The molecular weight excluding hydrogens is 512 g/mol. The highest BCUT2D eigenvalue weighted by Crippen LogP contribution is 2.38. The van der Waals surface area contributed by atoms with E-state index >= 15 is 0 Å². The zero-order valence-electron chi connectivity index (χ0n) is 22.9. The second-order valence-electron chi connectivity index (χ2n) is 10.3. The number of hydrogen-bond donors (Lipinski definition) is 2. The standard InChI is InChI=1S/C31H37ClN4O3/c1-21(37)33-27-13-8-7-12-24(27)25-15-17-28(31(38)34-23-10-5-4-6-11-23)35-30(25)22-14-16-26(32)29(20-22)39-19-9-18-36(2)3/h7-8,12-17,20,23H,4-6,9-11,18-19H2,1-3H3,(H,33,37)(H,34,38). The Morgan fingerprint density at radius 1 is 1.03 bits per heavy atom. The number of nitrogens with zero attached hydrogens (tertiary/aromatic N) is 2. The van der Waals surface area contributed by atoms with Crippen molar-refractivity contribution < 1.29 is 14.3 Å². The fraction of sp³-hybridized carbons (Fsp3) is 0.387. The molecule has 0 atom stereocenters. The van der Waals surface area contributed by atoms with Crippen LogP contribution in [0.25, 0.3) is 22.4 Å². The van der Waals surface area contributed by atoms with Crippen molar-refractivity contribution in [3.63, 3.8) is 0 Å². The number of hydrogen-bond acceptors (Lipinski definition) is 5. The summed E-state index contributed by atoms with van der Waals surface area (Å²) in [5.74, 6) is 0.215. The summed E-state index contributed by atoms with van der Waals surface area (Å²) in [5, 5.41) is 6.59. The molecule has 1 aliphatic carbocycles. The third-order valence-electron chi connectivity index (χ3n) is 6.81. The van der Waals surface area contributed by atoms with Gasteiger partial charge in [-0.15, -0.1) is 0 Å². The van der Waals surface area contributed by atoms with Gasteiger partial charge in [0.2, 0.25) is 5.91 Å². The topological polar surface area (TPSA) is 83.6 Å². The second-order valence-corrected chi connectivity index (χ2v) is 10.7. The van der Waals surface area contributed by atoms with Crippen molar-refractivity contribution in [2.75, 3.05) is 32.6 Å². The van der Waals surface area contributed by atoms with E-state index in [1.54, 1.807) is 12.1 Å². The number of aromatic nitrogens is 1. The van der Waals surface area contributed by atoms with Gasteiger partial charge in [-0.25, -0.2) is 4.98 Å². The lowest BCUT2D eigenvalue weighted by atomic mass is 9.95. The number of carbonyl (C=O) groups excluding carboxylic acids is 2. The van der Waals surface area contributed by atoms with Gasteiger partial charge in [0, 0.05) is 41.9 Å². The minimum atomic E-state index is -0.182. The predicted octanol–water partition coefficient (Wildman–Crippen LogP) is 6.42. The lowest BCUT2D eigenvalue weighted by Gasteiger charge is -2.23. The average molecular weight is 549 g/mol. The molecule has 7 nitrogen and oxygen atoms in total. The maximum Gasteiger partial charge on any atom is 0.270 e. The van der Waals surface area contributed by atoms with Gasteiger partial charge >= 0.3 is 0 Å². The van der Waals surface area contributed by atoms with E-state index in [0.717, 1.165) is 55.3 Å². The van der Waals surface area contributed by atoms with E-state index in [4.69, 9.17) is 21.3 Å². The van der Waals surface area contributed by atoms with Crippen LogP contribution < -0.4 is 15.4 Å². The summed E-state index contributed by atoms with van der Waals surface area (Å²) in [5.41, 5.74) is 3.98. The highest BCUT2D eigenvalue weighted by Gasteiger charge is 2.21. The zero-order valence-corrected chi connectivity index (χ0v) is 23.7. The molecule has 1 aromatic heterocycles. The smallest absolute Gasteiger partial charge is 0.270 e. The summed E-state index contributed by atoms with van der Waals surface area (Å²) in [6.07, 6.45) is 6.32. The summed E-state index contributed by atoms with van der Waals surface area (Å²) in [7, 11) is 4.05. The molecule has 2 aromatic carbocycles. The van der Waals surface area contributed by atoms with Gasteiger partial charge in [-0.2, -0.15) is 0 Å². The molecule has 1 fully saturated rings. The summed E-state index contributed by atoms with van der Waals surface area (Å²) >= 11 is 6.49. The number of para-hydroxylation sites is 1. The molecule has 0 unspecified atom stereocenters. The van der Waals surface area contributed by atoms with E-state index in [1.807, 2.05) is 56.6 Å². The Hall–Kier alpha value is -3.42. The summed E-state index contributed by atoms with van der Waals surface area (Å²) in [6, 6.07) is 16.9. The Kier molecular flexibility index (Phi) is 9.96.